The highest BCUT2D eigenvalue weighted by molar-refractivity contribution is 7.97. The summed E-state index contributed by atoms with van der Waals surface area (Å²) in [4.78, 5) is 9.58. The molecule has 0 atom stereocenters. The Labute approximate surface area is 249 Å². The molecular formula is C34H57N5S. The molecule has 0 radical (unpaired) electrons. The first kappa shape index (κ1) is 32.7. The summed E-state index contributed by atoms with van der Waals surface area (Å²) in [5.41, 5.74) is 9.32. The lowest BCUT2D eigenvalue weighted by Gasteiger charge is -2.11. The molecule has 0 fully saturated rings. The second-order valence-electron chi connectivity index (χ2n) is 11.5. The largest absolute Gasteiger partial charge is 0.382 e. The number of nitrogens with one attached hydrogen (secondary N) is 1. The van der Waals surface area contributed by atoms with Crippen molar-refractivity contribution in [3.05, 3.63) is 30.1 Å². The Hall–Kier alpha value is -1.79. The molecule has 0 saturated heterocycles. The quantitative estimate of drug-likeness (QED) is 0.0832. The predicted molar refractivity (Wildman–Crippen MR) is 178 cm³/mol. The van der Waals surface area contributed by atoms with E-state index in [0.717, 1.165) is 73.0 Å². The molecule has 0 aliphatic rings. The van der Waals surface area contributed by atoms with Crippen LogP contribution in [0.2, 0.25) is 0 Å². The number of fused-ring (bicyclic) bond motifs is 3. The number of rotatable bonds is 24. The van der Waals surface area contributed by atoms with E-state index in [1.165, 1.54) is 95.6 Å². The Morgan fingerprint density at radius 1 is 0.725 bits per heavy atom. The van der Waals surface area contributed by atoms with Crippen molar-refractivity contribution in [2.45, 2.75) is 142 Å². The van der Waals surface area contributed by atoms with Crippen molar-refractivity contribution >= 4 is 39.7 Å². The minimum atomic E-state index is 0.548. The molecule has 0 spiro atoms. The second-order valence-corrected chi connectivity index (χ2v) is 12.5. The van der Waals surface area contributed by atoms with Crippen molar-refractivity contribution in [2.24, 2.45) is 0 Å². The van der Waals surface area contributed by atoms with E-state index < -0.39 is 0 Å². The fourth-order valence-electron chi connectivity index (χ4n) is 5.65. The maximum absolute atomic E-state index is 6.34. The molecule has 0 aliphatic carbocycles. The van der Waals surface area contributed by atoms with E-state index in [9.17, 15) is 0 Å². The van der Waals surface area contributed by atoms with Crippen LogP contribution in [0.5, 0.6) is 0 Å². The molecule has 2 heterocycles. The third kappa shape index (κ3) is 11.2. The Kier molecular flexibility index (Phi) is 16.5. The van der Waals surface area contributed by atoms with Gasteiger partial charge in [0.1, 0.15) is 11.3 Å². The number of hydrogen-bond acceptors (Lipinski definition) is 5. The van der Waals surface area contributed by atoms with E-state index in [4.69, 9.17) is 10.7 Å². The molecule has 3 N–H and O–H groups in total. The van der Waals surface area contributed by atoms with Crippen LogP contribution in [0.15, 0.2) is 24.3 Å². The van der Waals surface area contributed by atoms with Crippen LogP contribution in [0, 0.1) is 0 Å². The van der Waals surface area contributed by atoms with Crippen molar-refractivity contribution in [3.63, 3.8) is 0 Å². The van der Waals surface area contributed by atoms with Gasteiger partial charge in [-0.25, -0.2) is 9.97 Å². The summed E-state index contributed by atoms with van der Waals surface area (Å²) in [5, 5.41) is 1.16. The average Bonchev–Trinajstić information content (AvgIpc) is 3.34. The molecule has 6 heteroatoms. The van der Waals surface area contributed by atoms with E-state index in [0.29, 0.717) is 5.82 Å². The Balaban J connectivity index is 1.24. The maximum atomic E-state index is 6.34. The average molecular weight is 568 g/mol. The molecule has 40 heavy (non-hydrogen) atoms. The first-order valence-electron chi connectivity index (χ1n) is 16.6. The van der Waals surface area contributed by atoms with E-state index in [1.807, 2.05) is 24.1 Å². The molecule has 224 valence electrons. The van der Waals surface area contributed by atoms with Gasteiger partial charge < -0.3 is 10.3 Å². The van der Waals surface area contributed by atoms with Gasteiger partial charge in [-0.05, 0) is 31.7 Å². The normalized spacial score (nSPS) is 11.8. The summed E-state index contributed by atoms with van der Waals surface area (Å²) in [5.74, 6) is 2.93. The lowest BCUT2D eigenvalue weighted by Crippen LogP contribution is -2.10. The zero-order valence-electron chi connectivity index (χ0n) is 25.7. The van der Waals surface area contributed by atoms with Crippen molar-refractivity contribution in [1.82, 2.24) is 19.3 Å². The third-order valence-electron chi connectivity index (χ3n) is 8.06. The first-order chi connectivity index (χ1) is 19.8. The van der Waals surface area contributed by atoms with Gasteiger partial charge in [-0.1, -0.05) is 134 Å². The van der Waals surface area contributed by atoms with Crippen LogP contribution in [0.1, 0.15) is 135 Å². The van der Waals surface area contributed by atoms with Crippen LogP contribution in [0.4, 0.5) is 5.82 Å². The highest BCUT2D eigenvalue weighted by Crippen LogP contribution is 2.29. The molecule has 2 aromatic heterocycles. The van der Waals surface area contributed by atoms with Gasteiger partial charge in [0.05, 0.1) is 11.0 Å². The Morgan fingerprint density at radius 2 is 1.35 bits per heavy atom. The molecule has 0 amide bonds. The number of nitrogens with zero attached hydrogens (tertiary/aromatic N) is 3. The van der Waals surface area contributed by atoms with Crippen LogP contribution >= 0.6 is 11.9 Å². The SMILES string of the molecule is CCCCCCCCCCCCCCCCSNCCCCn1c(CCCC)nc2c(N)nc3ccccc3c21. The highest BCUT2D eigenvalue weighted by atomic mass is 32.2. The highest BCUT2D eigenvalue weighted by Gasteiger charge is 2.16. The van der Waals surface area contributed by atoms with Crippen LogP contribution in [-0.2, 0) is 13.0 Å². The number of imidazole rings is 1. The number of benzene rings is 1. The summed E-state index contributed by atoms with van der Waals surface area (Å²) < 4.78 is 6.02. The smallest absolute Gasteiger partial charge is 0.152 e. The van der Waals surface area contributed by atoms with Gasteiger partial charge in [0.2, 0.25) is 0 Å². The molecule has 1 aromatic carbocycles. The number of anilines is 1. The van der Waals surface area contributed by atoms with Gasteiger partial charge in [-0.2, -0.15) is 0 Å². The molecule has 3 rings (SSSR count). The molecule has 0 unspecified atom stereocenters. The molecule has 5 nitrogen and oxygen atoms in total. The predicted octanol–water partition coefficient (Wildman–Crippen LogP) is 10.0. The van der Waals surface area contributed by atoms with Gasteiger partial charge in [-0.15, -0.1) is 0 Å². The van der Waals surface area contributed by atoms with Crippen LogP contribution < -0.4 is 10.5 Å². The second kappa shape index (κ2) is 20.1. The molecule has 3 aromatic rings. The topological polar surface area (TPSA) is 68.8 Å². The molecule has 0 bridgehead atoms. The minimum Gasteiger partial charge on any atom is -0.382 e. The van der Waals surface area contributed by atoms with Crippen molar-refractivity contribution < 1.29 is 0 Å². The monoisotopic (exact) mass is 567 g/mol. The van der Waals surface area contributed by atoms with Gasteiger partial charge >= 0.3 is 0 Å². The van der Waals surface area contributed by atoms with Crippen LogP contribution in [0.25, 0.3) is 21.9 Å². The number of para-hydroxylation sites is 1. The standard InChI is InChI=1S/C34H57N5S/c1-3-5-7-8-9-10-11-12-13-14-15-16-17-22-28-40-36-26-20-21-27-39-31(25-6-4-2)38-32-33(39)29-23-18-19-24-30(29)37-34(32)35/h18-19,23-24,36H,3-17,20-22,25-28H2,1-2H3,(H2,35,37). The number of nitrogens with two attached hydrogens (primary N) is 1. The first-order valence-corrected chi connectivity index (χ1v) is 17.6. The van der Waals surface area contributed by atoms with E-state index in [2.05, 4.69) is 40.3 Å². The van der Waals surface area contributed by atoms with E-state index in [1.54, 1.807) is 0 Å². The Morgan fingerprint density at radius 3 is 2.02 bits per heavy atom. The fraction of sp³-hybridized carbons (Fsp3) is 0.706. The molecular weight excluding hydrogens is 510 g/mol. The summed E-state index contributed by atoms with van der Waals surface area (Å²) in [6, 6.07) is 8.32. The number of aromatic nitrogens is 3. The van der Waals surface area contributed by atoms with Crippen molar-refractivity contribution in [2.75, 3.05) is 18.0 Å². The molecule has 0 aliphatic heterocycles. The number of pyridine rings is 1. The maximum Gasteiger partial charge on any atom is 0.152 e. The number of nitrogen functional groups attached to an aromatic ring is 1. The van der Waals surface area contributed by atoms with Crippen LogP contribution in [-0.4, -0.2) is 26.8 Å². The Bertz CT molecular complexity index is 1080. The van der Waals surface area contributed by atoms with E-state index >= 15 is 0 Å². The lowest BCUT2D eigenvalue weighted by molar-refractivity contribution is 0.538. The number of hydrogen-bond donors (Lipinski definition) is 2. The van der Waals surface area contributed by atoms with Gasteiger partial charge in [0.15, 0.2) is 5.82 Å². The summed E-state index contributed by atoms with van der Waals surface area (Å²) >= 11 is 1.91. The van der Waals surface area contributed by atoms with Gasteiger partial charge in [0, 0.05) is 30.6 Å². The van der Waals surface area contributed by atoms with Gasteiger partial charge in [-0.3, -0.25) is 4.72 Å². The minimum absolute atomic E-state index is 0.548. The zero-order chi connectivity index (χ0) is 28.3. The summed E-state index contributed by atoms with van der Waals surface area (Å²) in [6.45, 7) is 6.57. The van der Waals surface area contributed by atoms with Crippen molar-refractivity contribution in [3.8, 4) is 0 Å². The zero-order valence-corrected chi connectivity index (χ0v) is 26.5. The fourth-order valence-corrected chi connectivity index (χ4v) is 6.43. The number of aryl methyl sites for hydroxylation is 2. The lowest BCUT2D eigenvalue weighted by atomic mass is 10.0. The van der Waals surface area contributed by atoms with Crippen molar-refractivity contribution in [1.29, 1.82) is 0 Å². The van der Waals surface area contributed by atoms with E-state index in [-0.39, 0.29) is 0 Å². The summed E-state index contributed by atoms with van der Waals surface area (Å²) in [6.07, 6.45) is 25.5. The van der Waals surface area contributed by atoms with Crippen LogP contribution in [0.3, 0.4) is 0 Å². The number of unbranched alkanes of at least 4 members (excludes halogenated alkanes) is 15. The summed E-state index contributed by atoms with van der Waals surface area (Å²) in [7, 11) is 0. The third-order valence-corrected chi connectivity index (χ3v) is 8.96. The molecule has 0 saturated carbocycles. The van der Waals surface area contributed by atoms with Gasteiger partial charge in [0.25, 0.3) is 0 Å².